The zero-order chi connectivity index (χ0) is 30.1. The van der Waals surface area contributed by atoms with Gasteiger partial charge in [0, 0.05) is 5.41 Å². The molecule has 0 aromatic heterocycles. The molecule has 0 bridgehead atoms. The zero-order valence-electron chi connectivity index (χ0n) is 27.0. The predicted molar refractivity (Wildman–Crippen MR) is 190 cm³/mol. The molecule has 0 spiro atoms. The Morgan fingerprint density at radius 1 is 0.442 bits per heavy atom. The Balaban J connectivity index is 1.55. The van der Waals surface area contributed by atoms with Crippen molar-refractivity contribution in [2.24, 2.45) is 0 Å². The maximum Gasteiger partial charge on any atom is 0.0215 e. The van der Waals surface area contributed by atoms with Crippen LogP contribution in [0.15, 0.2) is 84.9 Å². The number of aryl methyl sites for hydroxylation is 2. The molecule has 43 heavy (non-hydrogen) atoms. The quantitative estimate of drug-likeness (QED) is 0.105. The van der Waals surface area contributed by atoms with Crippen LogP contribution in [0.3, 0.4) is 0 Å². The van der Waals surface area contributed by atoms with Gasteiger partial charge in [-0.15, -0.1) is 0 Å². The molecule has 0 saturated carbocycles. The molecule has 0 unspecified atom stereocenters. The first-order valence-corrected chi connectivity index (χ1v) is 16.8. The highest BCUT2D eigenvalue weighted by Crippen LogP contribution is 2.55. The van der Waals surface area contributed by atoms with E-state index in [1.807, 2.05) is 0 Å². The molecule has 5 rings (SSSR count). The van der Waals surface area contributed by atoms with Crippen LogP contribution in [0, 0.1) is 13.8 Å². The molecule has 0 atom stereocenters. The van der Waals surface area contributed by atoms with E-state index in [4.69, 9.17) is 0 Å². The minimum Gasteiger partial charge on any atom is -0.0654 e. The SMILES string of the molecule is CCCCCCC1(CCCCCC)c2cc(/C=C/c3ccc(C)cc3)ccc2-c2ccc(/C=C/c3ccc(C)cc3)cc21. The van der Waals surface area contributed by atoms with Crippen molar-refractivity contribution in [1.29, 1.82) is 0 Å². The van der Waals surface area contributed by atoms with Crippen LogP contribution >= 0.6 is 0 Å². The second-order valence-corrected chi connectivity index (χ2v) is 12.8. The summed E-state index contributed by atoms with van der Waals surface area (Å²) in [6.45, 7) is 8.94. The van der Waals surface area contributed by atoms with Crippen LogP contribution in [0.4, 0.5) is 0 Å². The van der Waals surface area contributed by atoms with Crippen molar-refractivity contribution in [1.82, 2.24) is 0 Å². The van der Waals surface area contributed by atoms with Gasteiger partial charge in [0.2, 0.25) is 0 Å². The zero-order valence-corrected chi connectivity index (χ0v) is 27.0. The van der Waals surface area contributed by atoms with E-state index in [1.165, 1.54) is 109 Å². The van der Waals surface area contributed by atoms with Gasteiger partial charge in [0.15, 0.2) is 0 Å². The Labute approximate surface area is 261 Å². The van der Waals surface area contributed by atoms with Crippen molar-refractivity contribution in [3.8, 4) is 11.1 Å². The van der Waals surface area contributed by atoms with E-state index in [9.17, 15) is 0 Å². The van der Waals surface area contributed by atoms with Crippen molar-refractivity contribution in [2.75, 3.05) is 0 Å². The molecular weight excluding hydrogens is 516 g/mol. The summed E-state index contributed by atoms with van der Waals surface area (Å²) in [5.74, 6) is 0. The largest absolute Gasteiger partial charge is 0.0654 e. The lowest BCUT2D eigenvalue weighted by Gasteiger charge is -2.33. The molecule has 222 valence electrons. The summed E-state index contributed by atoms with van der Waals surface area (Å²) >= 11 is 0. The minimum absolute atomic E-state index is 0.0770. The van der Waals surface area contributed by atoms with Crippen LogP contribution in [0.2, 0.25) is 0 Å². The summed E-state index contributed by atoms with van der Waals surface area (Å²) in [7, 11) is 0. The third kappa shape index (κ3) is 7.48. The lowest BCUT2D eigenvalue weighted by molar-refractivity contribution is 0.401. The fourth-order valence-electron chi connectivity index (χ4n) is 6.85. The molecule has 0 heteroatoms. The van der Waals surface area contributed by atoms with Crippen LogP contribution in [0.1, 0.15) is 123 Å². The second-order valence-electron chi connectivity index (χ2n) is 12.8. The van der Waals surface area contributed by atoms with Gasteiger partial charge in [-0.2, -0.15) is 0 Å². The molecule has 0 radical (unpaired) electrons. The molecule has 0 N–H and O–H groups in total. The minimum atomic E-state index is 0.0770. The van der Waals surface area contributed by atoms with Gasteiger partial charge in [-0.05, 0) is 71.2 Å². The van der Waals surface area contributed by atoms with Crippen LogP contribution in [0.5, 0.6) is 0 Å². The molecule has 0 nitrogen and oxygen atoms in total. The summed E-state index contributed by atoms with van der Waals surface area (Å²) in [5, 5.41) is 0. The fourth-order valence-corrected chi connectivity index (χ4v) is 6.85. The first-order valence-electron chi connectivity index (χ1n) is 16.8. The van der Waals surface area contributed by atoms with E-state index in [-0.39, 0.29) is 5.41 Å². The van der Waals surface area contributed by atoms with Crippen molar-refractivity contribution in [2.45, 2.75) is 97.3 Å². The monoisotopic (exact) mass is 566 g/mol. The van der Waals surface area contributed by atoms with Gasteiger partial charge in [-0.1, -0.05) is 186 Å². The van der Waals surface area contributed by atoms with E-state index < -0.39 is 0 Å². The smallest absolute Gasteiger partial charge is 0.0215 e. The van der Waals surface area contributed by atoms with Crippen LogP contribution in [-0.4, -0.2) is 0 Å². The Bertz CT molecular complexity index is 1410. The molecule has 0 fully saturated rings. The van der Waals surface area contributed by atoms with Crippen LogP contribution in [0.25, 0.3) is 35.4 Å². The van der Waals surface area contributed by atoms with Crippen molar-refractivity contribution >= 4 is 24.3 Å². The summed E-state index contributed by atoms with van der Waals surface area (Å²) in [6.07, 6.45) is 22.0. The van der Waals surface area contributed by atoms with Gasteiger partial charge in [0.05, 0.1) is 0 Å². The first-order chi connectivity index (χ1) is 21.0. The van der Waals surface area contributed by atoms with Crippen molar-refractivity contribution < 1.29 is 0 Å². The van der Waals surface area contributed by atoms with Gasteiger partial charge in [-0.3, -0.25) is 0 Å². The maximum absolute atomic E-state index is 2.53. The Morgan fingerprint density at radius 2 is 0.814 bits per heavy atom. The van der Waals surface area contributed by atoms with Crippen LogP contribution < -0.4 is 0 Å². The van der Waals surface area contributed by atoms with E-state index in [0.29, 0.717) is 0 Å². The van der Waals surface area contributed by atoms with Gasteiger partial charge >= 0.3 is 0 Å². The second kappa shape index (κ2) is 14.7. The molecule has 0 heterocycles. The molecule has 1 aliphatic carbocycles. The van der Waals surface area contributed by atoms with E-state index in [2.05, 4.69) is 137 Å². The van der Waals surface area contributed by atoms with Gasteiger partial charge in [0.1, 0.15) is 0 Å². The highest BCUT2D eigenvalue weighted by atomic mass is 14.4. The number of benzene rings is 4. The molecule has 0 aliphatic heterocycles. The predicted octanol–water partition coefficient (Wildman–Crippen LogP) is 12.9. The van der Waals surface area contributed by atoms with E-state index in [1.54, 1.807) is 11.1 Å². The normalized spacial score (nSPS) is 13.6. The average Bonchev–Trinajstić information content (AvgIpc) is 3.29. The van der Waals surface area contributed by atoms with Gasteiger partial charge < -0.3 is 0 Å². The lowest BCUT2D eigenvalue weighted by Crippen LogP contribution is -2.25. The van der Waals surface area contributed by atoms with Gasteiger partial charge in [0.25, 0.3) is 0 Å². The molecule has 0 saturated heterocycles. The summed E-state index contributed by atoms with van der Waals surface area (Å²) in [4.78, 5) is 0. The number of rotatable bonds is 14. The van der Waals surface area contributed by atoms with E-state index in [0.717, 1.165) is 0 Å². The number of hydrogen-bond acceptors (Lipinski definition) is 0. The van der Waals surface area contributed by atoms with Crippen LogP contribution in [-0.2, 0) is 5.41 Å². The molecular formula is C43H50. The lowest BCUT2D eigenvalue weighted by atomic mass is 9.70. The summed E-state index contributed by atoms with van der Waals surface area (Å²) < 4.78 is 0. The highest BCUT2D eigenvalue weighted by molar-refractivity contribution is 5.85. The average molecular weight is 567 g/mol. The molecule has 4 aromatic carbocycles. The number of hydrogen-bond donors (Lipinski definition) is 0. The first kappa shape index (κ1) is 30.8. The fraction of sp³-hybridized carbons (Fsp3) is 0.349. The van der Waals surface area contributed by atoms with E-state index >= 15 is 0 Å². The Hall–Kier alpha value is -3.64. The third-order valence-electron chi connectivity index (χ3n) is 9.41. The summed E-state index contributed by atoms with van der Waals surface area (Å²) in [5.41, 5.74) is 13.8. The van der Waals surface area contributed by atoms with Gasteiger partial charge in [-0.25, -0.2) is 0 Å². The number of unbranched alkanes of at least 4 members (excludes halogenated alkanes) is 6. The van der Waals surface area contributed by atoms with Crippen molar-refractivity contribution in [3.63, 3.8) is 0 Å². The third-order valence-corrected chi connectivity index (χ3v) is 9.41. The molecule has 4 aromatic rings. The summed E-state index contributed by atoms with van der Waals surface area (Å²) in [6, 6.07) is 32.2. The Kier molecular flexibility index (Phi) is 10.5. The highest BCUT2D eigenvalue weighted by Gasteiger charge is 2.42. The standard InChI is InChI=1S/C43H50/c1-5-7-9-11-29-43(30-12-10-8-6-2)41-31-37(23-21-35-17-13-33(3)14-18-35)25-27-39(41)40-28-26-38(32-42(40)43)24-22-36-19-15-34(4)16-20-36/h13-28,31-32H,5-12,29-30H2,1-4H3/b23-21+,24-22+. The number of fused-ring (bicyclic) bond motifs is 3. The molecule has 0 amide bonds. The Morgan fingerprint density at radius 3 is 1.21 bits per heavy atom. The maximum atomic E-state index is 2.53. The topological polar surface area (TPSA) is 0 Å². The van der Waals surface area contributed by atoms with Crippen molar-refractivity contribution in [3.05, 3.63) is 129 Å². The molecule has 1 aliphatic rings.